The van der Waals surface area contributed by atoms with Crippen molar-refractivity contribution in [1.29, 1.82) is 0 Å². The third-order valence-electron chi connectivity index (χ3n) is 4.26. The van der Waals surface area contributed by atoms with Gasteiger partial charge in [0, 0.05) is 24.7 Å². The SMILES string of the molecule is O=C(Nc1cncnc1N1CCCC1)c1cc(F)cc2cccnc12. The van der Waals surface area contributed by atoms with E-state index in [2.05, 4.69) is 25.2 Å². The molecule has 6 nitrogen and oxygen atoms in total. The first-order valence-corrected chi connectivity index (χ1v) is 8.13. The van der Waals surface area contributed by atoms with E-state index >= 15 is 0 Å². The Hall–Kier alpha value is -3.09. The van der Waals surface area contributed by atoms with Gasteiger partial charge >= 0.3 is 0 Å². The molecule has 4 rings (SSSR count). The van der Waals surface area contributed by atoms with E-state index in [9.17, 15) is 9.18 Å². The maximum Gasteiger partial charge on any atom is 0.258 e. The van der Waals surface area contributed by atoms with Gasteiger partial charge in [0.1, 0.15) is 17.8 Å². The van der Waals surface area contributed by atoms with Crippen molar-refractivity contribution in [2.45, 2.75) is 12.8 Å². The van der Waals surface area contributed by atoms with E-state index in [1.165, 1.54) is 18.5 Å². The van der Waals surface area contributed by atoms with Crippen LogP contribution >= 0.6 is 0 Å². The monoisotopic (exact) mass is 337 g/mol. The quantitative estimate of drug-likeness (QED) is 0.795. The van der Waals surface area contributed by atoms with Gasteiger partial charge in [-0.05, 0) is 31.0 Å². The van der Waals surface area contributed by atoms with Gasteiger partial charge in [-0.25, -0.2) is 14.4 Å². The molecule has 1 saturated heterocycles. The number of anilines is 2. The minimum Gasteiger partial charge on any atom is -0.355 e. The van der Waals surface area contributed by atoms with Crippen molar-refractivity contribution in [1.82, 2.24) is 15.0 Å². The van der Waals surface area contributed by atoms with Crippen LogP contribution in [0.5, 0.6) is 0 Å². The van der Waals surface area contributed by atoms with Gasteiger partial charge < -0.3 is 10.2 Å². The summed E-state index contributed by atoms with van der Waals surface area (Å²) in [7, 11) is 0. The molecule has 1 aromatic carbocycles. The number of amides is 1. The van der Waals surface area contributed by atoms with E-state index in [0.29, 0.717) is 22.4 Å². The van der Waals surface area contributed by atoms with Crippen molar-refractivity contribution in [2.24, 2.45) is 0 Å². The first-order chi connectivity index (χ1) is 12.2. The third-order valence-corrected chi connectivity index (χ3v) is 4.26. The normalized spacial score (nSPS) is 14.0. The van der Waals surface area contributed by atoms with Gasteiger partial charge in [-0.15, -0.1) is 0 Å². The smallest absolute Gasteiger partial charge is 0.258 e. The van der Waals surface area contributed by atoms with Crippen LogP contribution in [0.3, 0.4) is 0 Å². The zero-order valence-electron chi connectivity index (χ0n) is 13.4. The predicted octanol–water partition coefficient (Wildman–Crippen LogP) is 3.02. The lowest BCUT2D eigenvalue weighted by Crippen LogP contribution is -2.22. The van der Waals surface area contributed by atoms with Gasteiger partial charge in [0.25, 0.3) is 5.91 Å². The molecule has 0 radical (unpaired) electrons. The van der Waals surface area contributed by atoms with E-state index in [1.807, 2.05) is 0 Å². The minimum atomic E-state index is -0.477. The largest absolute Gasteiger partial charge is 0.355 e. The molecule has 0 saturated carbocycles. The molecule has 7 heteroatoms. The van der Waals surface area contributed by atoms with Crippen LogP contribution < -0.4 is 10.2 Å². The summed E-state index contributed by atoms with van der Waals surface area (Å²) in [6.07, 6.45) is 6.79. The fourth-order valence-corrected chi connectivity index (χ4v) is 3.11. The van der Waals surface area contributed by atoms with Crippen LogP contribution in [-0.2, 0) is 0 Å². The molecule has 1 amide bonds. The Morgan fingerprint density at radius 3 is 2.88 bits per heavy atom. The Bertz CT molecular complexity index is 940. The highest BCUT2D eigenvalue weighted by Gasteiger charge is 2.20. The molecular weight excluding hydrogens is 321 g/mol. The Morgan fingerprint density at radius 2 is 2.04 bits per heavy atom. The zero-order valence-corrected chi connectivity index (χ0v) is 13.4. The lowest BCUT2D eigenvalue weighted by molar-refractivity contribution is 0.102. The molecule has 126 valence electrons. The molecular formula is C18H16FN5O. The second-order valence-electron chi connectivity index (χ2n) is 5.94. The summed E-state index contributed by atoms with van der Waals surface area (Å²) in [5.41, 5.74) is 1.16. The topological polar surface area (TPSA) is 71.0 Å². The second kappa shape index (κ2) is 6.43. The van der Waals surface area contributed by atoms with Crippen LogP contribution in [0.15, 0.2) is 43.0 Å². The van der Waals surface area contributed by atoms with E-state index in [0.717, 1.165) is 25.9 Å². The van der Waals surface area contributed by atoms with Crippen molar-refractivity contribution in [3.05, 3.63) is 54.4 Å². The summed E-state index contributed by atoms with van der Waals surface area (Å²) in [5.74, 6) is -0.220. The van der Waals surface area contributed by atoms with Crippen LogP contribution in [-0.4, -0.2) is 33.9 Å². The number of benzene rings is 1. The number of carbonyl (C=O) groups excluding carboxylic acids is 1. The van der Waals surface area contributed by atoms with Gasteiger partial charge in [-0.1, -0.05) is 6.07 Å². The van der Waals surface area contributed by atoms with Crippen LogP contribution in [0.25, 0.3) is 10.9 Å². The van der Waals surface area contributed by atoms with Crippen molar-refractivity contribution >= 4 is 28.3 Å². The molecule has 0 atom stereocenters. The van der Waals surface area contributed by atoms with Crippen molar-refractivity contribution < 1.29 is 9.18 Å². The van der Waals surface area contributed by atoms with E-state index < -0.39 is 11.7 Å². The summed E-state index contributed by atoms with van der Waals surface area (Å²) < 4.78 is 13.9. The summed E-state index contributed by atoms with van der Waals surface area (Å²) >= 11 is 0. The number of halogens is 1. The Kier molecular flexibility index (Phi) is 3.97. The van der Waals surface area contributed by atoms with Crippen LogP contribution in [0.1, 0.15) is 23.2 Å². The molecule has 1 fully saturated rings. The highest BCUT2D eigenvalue weighted by Crippen LogP contribution is 2.26. The molecule has 0 unspecified atom stereocenters. The minimum absolute atomic E-state index is 0.187. The molecule has 3 heterocycles. The number of hydrogen-bond donors (Lipinski definition) is 1. The van der Waals surface area contributed by atoms with Gasteiger partial charge in [-0.3, -0.25) is 9.78 Å². The lowest BCUT2D eigenvalue weighted by atomic mass is 10.1. The Morgan fingerprint density at radius 1 is 1.20 bits per heavy atom. The lowest BCUT2D eigenvalue weighted by Gasteiger charge is -2.19. The molecule has 0 aliphatic carbocycles. The Labute approximate surface area is 143 Å². The van der Waals surface area contributed by atoms with Crippen LogP contribution in [0.4, 0.5) is 15.9 Å². The maximum atomic E-state index is 13.9. The highest BCUT2D eigenvalue weighted by atomic mass is 19.1. The van der Waals surface area contributed by atoms with Gasteiger partial charge in [-0.2, -0.15) is 0 Å². The fourth-order valence-electron chi connectivity index (χ4n) is 3.11. The molecule has 3 aromatic rings. The van der Waals surface area contributed by atoms with Gasteiger partial charge in [0.2, 0.25) is 0 Å². The zero-order chi connectivity index (χ0) is 17.2. The molecule has 1 aliphatic heterocycles. The third kappa shape index (κ3) is 3.00. The van der Waals surface area contributed by atoms with E-state index in [4.69, 9.17) is 0 Å². The number of hydrogen-bond acceptors (Lipinski definition) is 5. The number of aromatic nitrogens is 3. The predicted molar refractivity (Wildman–Crippen MR) is 93.1 cm³/mol. The number of nitrogens with one attached hydrogen (secondary N) is 1. The second-order valence-corrected chi connectivity index (χ2v) is 5.94. The van der Waals surface area contributed by atoms with Gasteiger partial charge in [0.05, 0.1) is 17.3 Å². The van der Waals surface area contributed by atoms with Crippen molar-refractivity contribution in [2.75, 3.05) is 23.3 Å². The number of carbonyl (C=O) groups is 1. The maximum absolute atomic E-state index is 13.9. The summed E-state index contributed by atoms with van der Waals surface area (Å²) in [6.45, 7) is 1.79. The van der Waals surface area contributed by atoms with Gasteiger partial charge in [0.15, 0.2) is 5.82 Å². The van der Waals surface area contributed by atoms with Crippen molar-refractivity contribution in [3.8, 4) is 0 Å². The molecule has 0 bridgehead atoms. The van der Waals surface area contributed by atoms with Crippen LogP contribution in [0.2, 0.25) is 0 Å². The standard InChI is InChI=1S/C18H16FN5O/c19-13-8-12-4-3-5-21-16(12)14(9-13)18(25)23-15-10-20-11-22-17(15)24-6-1-2-7-24/h3-5,8-11H,1-2,6-7H2,(H,23,25). The summed E-state index contributed by atoms with van der Waals surface area (Å²) in [4.78, 5) is 27.4. The first kappa shape index (κ1) is 15.4. The fraction of sp³-hybridized carbons (Fsp3) is 0.222. The molecule has 1 N–H and O–H groups in total. The number of nitrogens with zero attached hydrogens (tertiary/aromatic N) is 4. The van der Waals surface area contributed by atoms with Crippen molar-refractivity contribution in [3.63, 3.8) is 0 Å². The average molecular weight is 337 g/mol. The number of rotatable bonds is 3. The number of fused-ring (bicyclic) bond motifs is 1. The summed E-state index contributed by atoms with van der Waals surface area (Å²) in [6, 6.07) is 5.99. The molecule has 1 aliphatic rings. The summed E-state index contributed by atoms with van der Waals surface area (Å²) in [5, 5.41) is 3.39. The molecule has 25 heavy (non-hydrogen) atoms. The number of pyridine rings is 1. The average Bonchev–Trinajstić information content (AvgIpc) is 3.16. The van der Waals surface area contributed by atoms with E-state index in [-0.39, 0.29) is 5.56 Å². The highest BCUT2D eigenvalue weighted by molar-refractivity contribution is 6.12. The van der Waals surface area contributed by atoms with Crippen LogP contribution in [0, 0.1) is 5.82 Å². The van der Waals surface area contributed by atoms with E-state index in [1.54, 1.807) is 24.5 Å². The molecule has 2 aromatic heterocycles. The first-order valence-electron chi connectivity index (χ1n) is 8.13. The Balaban J connectivity index is 1.70. The molecule has 0 spiro atoms.